The van der Waals surface area contributed by atoms with Gasteiger partial charge in [-0.15, -0.1) is 5.10 Å². The lowest BCUT2D eigenvalue weighted by atomic mass is 10.1. The molecule has 3 rings (SSSR count). The molecule has 0 saturated carbocycles. The smallest absolute Gasteiger partial charge is 0.190 e. The SMILES string of the molecule is Nc1ccc(F)c(-c2nnnn2-c2ccc(Br)cc2)c1. The average molecular weight is 334 g/mol. The van der Waals surface area contributed by atoms with Gasteiger partial charge >= 0.3 is 0 Å². The zero-order chi connectivity index (χ0) is 14.1. The van der Waals surface area contributed by atoms with E-state index in [9.17, 15) is 4.39 Å². The minimum atomic E-state index is -0.424. The molecule has 2 aromatic carbocycles. The maximum atomic E-state index is 13.9. The van der Waals surface area contributed by atoms with Crippen LogP contribution < -0.4 is 5.73 Å². The zero-order valence-corrected chi connectivity index (χ0v) is 11.7. The van der Waals surface area contributed by atoms with Crippen LogP contribution in [0.3, 0.4) is 0 Å². The summed E-state index contributed by atoms with van der Waals surface area (Å²) < 4.78 is 16.3. The number of benzene rings is 2. The third-order valence-corrected chi connectivity index (χ3v) is 3.30. The minimum absolute atomic E-state index is 0.262. The fourth-order valence-electron chi connectivity index (χ4n) is 1.83. The van der Waals surface area contributed by atoms with E-state index in [0.717, 1.165) is 10.2 Å². The van der Waals surface area contributed by atoms with Crippen molar-refractivity contribution in [2.24, 2.45) is 0 Å². The van der Waals surface area contributed by atoms with Crippen LogP contribution >= 0.6 is 15.9 Å². The Bertz CT molecular complexity index is 754. The van der Waals surface area contributed by atoms with Crippen molar-refractivity contribution in [1.82, 2.24) is 20.2 Å². The molecule has 0 bridgehead atoms. The fraction of sp³-hybridized carbons (Fsp3) is 0. The summed E-state index contributed by atoms with van der Waals surface area (Å²) in [6.45, 7) is 0. The van der Waals surface area contributed by atoms with Gasteiger partial charge in [-0.3, -0.25) is 0 Å². The molecule has 3 aromatic rings. The number of tetrazole rings is 1. The van der Waals surface area contributed by atoms with Gasteiger partial charge in [0.15, 0.2) is 5.82 Å². The third-order valence-electron chi connectivity index (χ3n) is 2.77. The van der Waals surface area contributed by atoms with E-state index < -0.39 is 5.82 Å². The lowest BCUT2D eigenvalue weighted by Gasteiger charge is -2.06. The fourth-order valence-corrected chi connectivity index (χ4v) is 2.09. The molecule has 100 valence electrons. The maximum absolute atomic E-state index is 13.9. The average Bonchev–Trinajstić information content (AvgIpc) is 2.91. The highest BCUT2D eigenvalue weighted by molar-refractivity contribution is 9.10. The lowest BCUT2D eigenvalue weighted by Crippen LogP contribution is -2.01. The summed E-state index contributed by atoms with van der Waals surface area (Å²) in [6.07, 6.45) is 0. The van der Waals surface area contributed by atoms with Crippen molar-refractivity contribution in [2.45, 2.75) is 0 Å². The molecule has 1 heterocycles. The first-order valence-corrected chi connectivity index (χ1v) is 6.54. The van der Waals surface area contributed by atoms with E-state index in [1.54, 1.807) is 0 Å². The van der Waals surface area contributed by atoms with Crippen LogP contribution in [0.2, 0.25) is 0 Å². The Labute approximate surface area is 122 Å². The quantitative estimate of drug-likeness (QED) is 0.732. The van der Waals surface area contributed by atoms with Crippen LogP contribution in [-0.4, -0.2) is 20.2 Å². The lowest BCUT2D eigenvalue weighted by molar-refractivity contribution is 0.629. The highest BCUT2D eigenvalue weighted by Gasteiger charge is 2.15. The van der Waals surface area contributed by atoms with Gasteiger partial charge in [-0.2, -0.15) is 4.68 Å². The van der Waals surface area contributed by atoms with E-state index in [2.05, 4.69) is 31.5 Å². The number of halogens is 2. The molecule has 0 fully saturated rings. The van der Waals surface area contributed by atoms with E-state index in [4.69, 9.17) is 5.73 Å². The van der Waals surface area contributed by atoms with Crippen molar-refractivity contribution in [2.75, 3.05) is 5.73 Å². The first-order valence-electron chi connectivity index (χ1n) is 5.75. The molecule has 20 heavy (non-hydrogen) atoms. The topological polar surface area (TPSA) is 69.6 Å². The summed E-state index contributed by atoms with van der Waals surface area (Å²) >= 11 is 3.36. The predicted octanol–water partition coefficient (Wildman–Crippen LogP) is 2.81. The largest absolute Gasteiger partial charge is 0.399 e. The van der Waals surface area contributed by atoms with E-state index in [0.29, 0.717) is 11.5 Å². The molecule has 2 N–H and O–H groups in total. The van der Waals surface area contributed by atoms with E-state index in [-0.39, 0.29) is 5.56 Å². The van der Waals surface area contributed by atoms with Gasteiger partial charge in [0.05, 0.1) is 11.3 Å². The van der Waals surface area contributed by atoms with Crippen LogP contribution in [-0.2, 0) is 0 Å². The van der Waals surface area contributed by atoms with Gasteiger partial charge in [0, 0.05) is 10.2 Å². The van der Waals surface area contributed by atoms with Crippen molar-refractivity contribution in [1.29, 1.82) is 0 Å². The second kappa shape index (κ2) is 5.01. The number of aromatic nitrogens is 4. The van der Waals surface area contributed by atoms with E-state index in [1.807, 2.05) is 24.3 Å². The third kappa shape index (κ3) is 2.27. The van der Waals surface area contributed by atoms with Crippen molar-refractivity contribution in [3.05, 3.63) is 52.8 Å². The van der Waals surface area contributed by atoms with Gasteiger partial charge in [0.1, 0.15) is 5.82 Å². The normalized spacial score (nSPS) is 10.7. The summed E-state index contributed by atoms with van der Waals surface area (Å²) in [5, 5.41) is 11.4. The molecule has 0 spiro atoms. The number of anilines is 1. The Kier molecular flexibility index (Phi) is 3.19. The predicted molar refractivity (Wildman–Crippen MR) is 76.7 cm³/mol. The Morgan fingerprint density at radius 1 is 1.10 bits per heavy atom. The van der Waals surface area contributed by atoms with E-state index in [1.165, 1.54) is 22.9 Å². The summed E-state index contributed by atoms with van der Waals surface area (Å²) in [7, 11) is 0. The van der Waals surface area contributed by atoms with Crippen molar-refractivity contribution >= 4 is 21.6 Å². The second-order valence-electron chi connectivity index (χ2n) is 4.13. The molecule has 0 saturated heterocycles. The summed E-state index contributed by atoms with van der Waals surface area (Å²) in [6, 6.07) is 11.7. The minimum Gasteiger partial charge on any atom is -0.399 e. The first-order chi connectivity index (χ1) is 9.65. The van der Waals surface area contributed by atoms with Crippen molar-refractivity contribution in [3.8, 4) is 17.1 Å². The van der Waals surface area contributed by atoms with Crippen molar-refractivity contribution in [3.63, 3.8) is 0 Å². The molecule has 0 unspecified atom stereocenters. The molecule has 0 aliphatic carbocycles. The number of nitrogens with zero attached hydrogens (tertiary/aromatic N) is 4. The van der Waals surface area contributed by atoms with Gasteiger partial charge < -0.3 is 5.73 Å². The second-order valence-corrected chi connectivity index (χ2v) is 5.05. The Morgan fingerprint density at radius 2 is 1.85 bits per heavy atom. The molecule has 0 aliphatic heterocycles. The van der Waals surface area contributed by atoms with Crippen molar-refractivity contribution < 1.29 is 4.39 Å². The van der Waals surface area contributed by atoms with Crippen LogP contribution in [0.4, 0.5) is 10.1 Å². The zero-order valence-electron chi connectivity index (χ0n) is 10.2. The Hall–Kier alpha value is -2.28. The van der Waals surface area contributed by atoms with Gasteiger partial charge in [-0.1, -0.05) is 15.9 Å². The van der Waals surface area contributed by atoms with Crippen LogP contribution in [0.5, 0.6) is 0 Å². The van der Waals surface area contributed by atoms with Crippen LogP contribution in [0.25, 0.3) is 17.1 Å². The molecule has 1 aromatic heterocycles. The highest BCUT2D eigenvalue weighted by Crippen LogP contribution is 2.25. The standard InChI is InChI=1S/C13H9BrFN5/c14-8-1-4-10(5-2-8)20-13(17-18-19-20)11-7-9(16)3-6-12(11)15/h1-7H,16H2. The highest BCUT2D eigenvalue weighted by atomic mass is 79.9. The summed E-state index contributed by atoms with van der Waals surface area (Å²) in [4.78, 5) is 0. The molecular formula is C13H9BrFN5. The number of nitrogen functional groups attached to an aromatic ring is 1. The van der Waals surface area contributed by atoms with Gasteiger partial charge in [0.25, 0.3) is 0 Å². The molecule has 7 heteroatoms. The van der Waals surface area contributed by atoms with Crippen LogP contribution in [0.15, 0.2) is 46.9 Å². The number of hydrogen-bond acceptors (Lipinski definition) is 4. The maximum Gasteiger partial charge on any atom is 0.190 e. The summed E-state index contributed by atoms with van der Waals surface area (Å²) in [5.74, 6) is -0.121. The van der Waals surface area contributed by atoms with Gasteiger partial charge in [-0.25, -0.2) is 4.39 Å². The van der Waals surface area contributed by atoms with Gasteiger partial charge in [-0.05, 0) is 52.9 Å². The van der Waals surface area contributed by atoms with E-state index >= 15 is 0 Å². The number of nitrogens with two attached hydrogens (primary N) is 1. The molecule has 0 amide bonds. The molecule has 0 radical (unpaired) electrons. The number of hydrogen-bond donors (Lipinski definition) is 1. The number of rotatable bonds is 2. The van der Waals surface area contributed by atoms with Gasteiger partial charge in [0.2, 0.25) is 0 Å². The molecular weight excluding hydrogens is 325 g/mol. The first kappa shape index (κ1) is 12.7. The molecule has 0 aliphatic rings. The van der Waals surface area contributed by atoms with Crippen LogP contribution in [0.1, 0.15) is 0 Å². The monoisotopic (exact) mass is 333 g/mol. The molecule has 0 atom stereocenters. The Balaban J connectivity index is 2.15. The Morgan fingerprint density at radius 3 is 2.60 bits per heavy atom. The van der Waals surface area contributed by atoms with Crippen LogP contribution in [0, 0.1) is 5.82 Å². The molecule has 5 nitrogen and oxygen atoms in total. The summed E-state index contributed by atoms with van der Waals surface area (Å²) in [5.41, 5.74) is 7.14.